The van der Waals surface area contributed by atoms with Crippen molar-refractivity contribution in [1.82, 2.24) is 4.98 Å². The number of amides is 1. The van der Waals surface area contributed by atoms with Gasteiger partial charge < -0.3 is 5.32 Å². The lowest BCUT2D eigenvalue weighted by atomic mass is 10.2. The first-order chi connectivity index (χ1) is 8.39. The van der Waals surface area contributed by atoms with Crippen LogP contribution in [0.1, 0.15) is 6.92 Å². The molecule has 2 aromatic rings. The van der Waals surface area contributed by atoms with Gasteiger partial charge >= 0.3 is 0 Å². The number of aromatic nitrogens is 1. The molecule has 0 aliphatic carbocycles. The smallest absolute Gasteiger partial charge is 0.261 e. The Kier molecular flexibility index (Phi) is 3.23. The molecule has 0 bridgehead atoms. The molecule has 1 aromatic heterocycles. The molecule has 0 atom stereocenters. The van der Waals surface area contributed by atoms with E-state index in [1.54, 1.807) is 12.1 Å². The van der Waals surface area contributed by atoms with E-state index in [9.17, 15) is 13.2 Å². The van der Waals surface area contributed by atoms with Crippen LogP contribution in [0.15, 0.2) is 35.4 Å². The van der Waals surface area contributed by atoms with E-state index in [1.807, 2.05) is 0 Å². The van der Waals surface area contributed by atoms with E-state index < -0.39 is 9.05 Å². The molecule has 1 N–H and O–H groups in total. The van der Waals surface area contributed by atoms with Gasteiger partial charge in [-0.15, -0.1) is 0 Å². The molecular weight excluding hydrogens is 276 g/mol. The van der Waals surface area contributed by atoms with Gasteiger partial charge in [0, 0.05) is 29.2 Å². The second-order valence-electron chi connectivity index (χ2n) is 3.63. The summed E-state index contributed by atoms with van der Waals surface area (Å²) in [5, 5.41) is 2.96. The minimum Gasteiger partial charge on any atom is -0.324 e. The Hall–Kier alpha value is -1.66. The Balaban J connectivity index is 2.78. The maximum absolute atomic E-state index is 11.4. The molecule has 7 heteroatoms. The van der Waals surface area contributed by atoms with Gasteiger partial charge in [0.15, 0.2) is 0 Å². The fraction of sp³-hybridized carbons (Fsp3) is 0.0909. The number of halogens is 1. The zero-order valence-corrected chi connectivity index (χ0v) is 10.9. The van der Waals surface area contributed by atoms with Crippen molar-refractivity contribution in [2.45, 2.75) is 11.8 Å². The number of carbonyl (C=O) groups is 1. The van der Waals surface area contributed by atoms with Gasteiger partial charge in [0.05, 0.1) is 16.1 Å². The standard InChI is InChI=1S/C11H9ClN2O3S/c1-7(15)14-9-4-5-10(18(12,16)17)8-3-2-6-13-11(8)9/h2-6H,1H3,(H,14,15). The summed E-state index contributed by atoms with van der Waals surface area (Å²) >= 11 is 0. The largest absolute Gasteiger partial charge is 0.324 e. The van der Waals surface area contributed by atoms with Crippen molar-refractivity contribution in [3.8, 4) is 0 Å². The van der Waals surface area contributed by atoms with Crippen molar-refractivity contribution in [2.24, 2.45) is 0 Å². The number of rotatable bonds is 2. The van der Waals surface area contributed by atoms with Gasteiger partial charge in [-0.3, -0.25) is 9.78 Å². The summed E-state index contributed by atoms with van der Waals surface area (Å²) in [7, 11) is 1.50. The third-order valence-electron chi connectivity index (χ3n) is 2.30. The Morgan fingerprint density at radius 3 is 2.67 bits per heavy atom. The number of benzene rings is 1. The van der Waals surface area contributed by atoms with E-state index in [1.165, 1.54) is 25.3 Å². The predicted octanol–water partition coefficient (Wildman–Crippen LogP) is 2.12. The van der Waals surface area contributed by atoms with Crippen molar-refractivity contribution in [3.05, 3.63) is 30.5 Å². The Labute approximate surface area is 108 Å². The SMILES string of the molecule is CC(=O)Nc1ccc(S(=O)(=O)Cl)c2cccnc12. The van der Waals surface area contributed by atoms with Crippen LogP contribution >= 0.6 is 10.7 Å². The van der Waals surface area contributed by atoms with Crippen molar-refractivity contribution >= 4 is 42.2 Å². The van der Waals surface area contributed by atoms with Gasteiger partial charge in [-0.2, -0.15) is 0 Å². The molecule has 2 rings (SSSR count). The molecule has 0 saturated heterocycles. The van der Waals surface area contributed by atoms with Crippen LogP contribution in [0, 0.1) is 0 Å². The molecule has 0 saturated carbocycles. The summed E-state index contributed by atoms with van der Waals surface area (Å²) in [5.74, 6) is -0.261. The minimum absolute atomic E-state index is 0.0265. The molecule has 0 radical (unpaired) electrons. The summed E-state index contributed by atoms with van der Waals surface area (Å²) in [6.45, 7) is 1.36. The molecule has 0 unspecified atom stereocenters. The number of nitrogens with one attached hydrogen (secondary N) is 1. The highest BCUT2D eigenvalue weighted by molar-refractivity contribution is 8.14. The average Bonchev–Trinajstić information content (AvgIpc) is 2.27. The Morgan fingerprint density at radius 1 is 1.33 bits per heavy atom. The van der Waals surface area contributed by atoms with Gasteiger partial charge in [-0.05, 0) is 24.3 Å². The lowest BCUT2D eigenvalue weighted by Crippen LogP contribution is -2.07. The van der Waals surface area contributed by atoms with Crippen LogP contribution in [-0.4, -0.2) is 19.3 Å². The average molecular weight is 285 g/mol. The van der Waals surface area contributed by atoms with Crippen molar-refractivity contribution < 1.29 is 13.2 Å². The van der Waals surface area contributed by atoms with E-state index in [0.29, 0.717) is 16.6 Å². The lowest BCUT2D eigenvalue weighted by Gasteiger charge is -2.08. The van der Waals surface area contributed by atoms with Crippen molar-refractivity contribution in [1.29, 1.82) is 0 Å². The van der Waals surface area contributed by atoms with E-state index in [2.05, 4.69) is 10.3 Å². The summed E-state index contributed by atoms with van der Waals surface area (Å²) in [6, 6.07) is 6.00. The maximum atomic E-state index is 11.4. The van der Waals surface area contributed by atoms with Crippen LogP contribution in [0.2, 0.25) is 0 Å². The maximum Gasteiger partial charge on any atom is 0.261 e. The van der Waals surface area contributed by atoms with Crippen LogP contribution < -0.4 is 5.32 Å². The lowest BCUT2D eigenvalue weighted by molar-refractivity contribution is -0.114. The van der Waals surface area contributed by atoms with Crippen molar-refractivity contribution in [2.75, 3.05) is 5.32 Å². The number of hydrogen-bond donors (Lipinski definition) is 1. The number of fused-ring (bicyclic) bond motifs is 1. The number of pyridine rings is 1. The highest BCUT2D eigenvalue weighted by Gasteiger charge is 2.16. The minimum atomic E-state index is -3.86. The summed E-state index contributed by atoms with van der Waals surface area (Å²) < 4.78 is 22.9. The molecular formula is C11H9ClN2O3S. The second kappa shape index (κ2) is 4.55. The monoisotopic (exact) mass is 284 g/mol. The van der Waals surface area contributed by atoms with Gasteiger partial charge in [-0.25, -0.2) is 8.42 Å². The van der Waals surface area contributed by atoms with E-state index in [0.717, 1.165) is 0 Å². The quantitative estimate of drug-likeness (QED) is 0.857. The summed E-state index contributed by atoms with van der Waals surface area (Å²) in [5.41, 5.74) is 0.830. The molecule has 1 amide bonds. The molecule has 0 aliphatic rings. The van der Waals surface area contributed by atoms with Gasteiger partial charge in [0.2, 0.25) is 5.91 Å². The van der Waals surface area contributed by atoms with E-state index in [-0.39, 0.29) is 10.8 Å². The van der Waals surface area contributed by atoms with Crippen molar-refractivity contribution in [3.63, 3.8) is 0 Å². The van der Waals surface area contributed by atoms with Crippen LogP contribution in [-0.2, 0) is 13.8 Å². The summed E-state index contributed by atoms with van der Waals surface area (Å²) in [6.07, 6.45) is 1.51. The topological polar surface area (TPSA) is 76.1 Å². The van der Waals surface area contributed by atoms with Crippen LogP contribution in [0.25, 0.3) is 10.9 Å². The molecule has 1 heterocycles. The normalized spacial score (nSPS) is 11.4. The molecule has 0 spiro atoms. The first kappa shape index (κ1) is 12.8. The molecule has 5 nitrogen and oxygen atoms in total. The Morgan fingerprint density at radius 2 is 2.06 bits per heavy atom. The van der Waals surface area contributed by atoms with Gasteiger partial charge in [-0.1, -0.05) is 0 Å². The zero-order valence-electron chi connectivity index (χ0n) is 9.34. The summed E-state index contributed by atoms with van der Waals surface area (Å²) in [4.78, 5) is 15.1. The van der Waals surface area contributed by atoms with Crippen LogP contribution in [0.3, 0.4) is 0 Å². The number of anilines is 1. The van der Waals surface area contributed by atoms with Crippen LogP contribution in [0.4, 0.5) is 5.69 Å². The van der Waals surface area contributed by atoms with Gasteiger partial charge in [0.25, 0.3) is 9.05 Å². The first-order valence-corrected chi connectivity index (χ1v) is 7.30. The second-order valence-corrected chi connectivity index (χ2v) is 6.16. The molecule has 94 valence electrons. The van der Waals surface area contributed by atoms with Gasteiger partial charge in [0.1, 0.15) is 0 Å². The fourth-order valence-electron chi connectivity index (χ4n) is 1.65. The molecule has 18 heavy (non-hydrogen) atoms. The number of nitrogens with zero attached hydrogens (tertiary/aromatic N) is 1. The zero-order chi connectivity index (χ0) is 13.3. The fourth-order valence-corrected chi connectivity index (χ4v) is 2.71. The highest BCUT2D eigenvalue weighted by atomic mass is 35.7. The first-order valence-electron chi connectivity index (χ1n) is 4.99. The predicted molar refractivity (Wildman–Crippen MR) is 69.1 cm³/mol. The van der Waals surface area contributed by atoms with Crippen LogP contribution in [0.5, 0.6) is 0 Å². The van der Waals surface area contributed by atoms with E-state index in [4.69, 9.17) is 10.7 Å². The molecule has 1 aromatic carbocycles. The number of carbonyl (C=O) groups excluding carboxylic acids is 1. The third-order valence-corrected chi connectivity index (χ3v) is 3.68. The van der Waals surface area contributed by atoms with E-state index >= 15 is 0 Å². The third kappa shape index (κ3) is 2.44. The highest BCUT2D eigenvalue weighted by Crippen LogP contribution is 2.29. The molecule has 0 fully saturated rings. The number of hydrogen-bond acceptors (Lipinski definition) is 4. The Bertz CT molecular complexity index is 728. The molecule has 0 aliphatic heterocycles.